The van der Waals surface area contributed by atoms with E-state index in [9.17, 15) is 17.6 Å². The standard InChI is InChI=1S/C13H19FN2O3S/c1-8(12(17)16-13(2,3)4)20(18,19)11-6-5-9(14)7-10(11)15/h5-8H,15H2,1-4H3,(H,16,17). The van der Waals surface area contributed by atoms with Gasteiger partial charge in [-0.2, -0.15) is 0 Å². The van der Waals surface area contributed by atoms with E-state index in [1.54, 1.807) is 20.8 Å². The average Bonchev–Trinajstić information content (AvgIpc) is 2.24. The van der Waals surface area contributed by atoms with Crippen LogP contribution in [0.15, 0.2) is 23.1 Å². The van der Waals surface area contributed by atoms with Gasteiger partial charge in [-0.05, 0) is 45.9 Å². The summed E-state index contributed by atoms with van der Waals surface area (Å²) in [7, 11) is -3.96. The Morgan fingerprint density at radius 3 is 2.35 bits per heavy atom. The molecule has 0 radical (unpaired) electrons. The fourth-order valence-corrected chi connectivity index (χ4v) is 2.95. The summed E-state index contributed by atoms with van der Waals surface area (Å²) in [5.74, 6) is -1.26. The number of amides is 1. The largest absolute Gasteiger partial charge is 0.398 e. The number of sulfone groups is 1. The van der Waals surface area contributed by atoms with Crippen molar-refractivity contribution in [3.63, 3.8) is 0 Å². The van der Waals surface area contributed by atoms with Crippen LogP contribution in [-0.2, 0) is 14.6 Å². The maximum atomic E-state index is 13.0. The minimum atomic E-state index is -3.96. The molecule has 0 saturated carbocycles. The van der Waals surface area contributed by atoms with Crippen LogP contribution in [0.4, 0.5) is 10.1 Å². The molecular formula is C13H19FN2O3S. The molecule has 0 bridgehead atoms. The third-order valence-corrected chi connectivity index (χ3v) is 4.74. The first-order valence-corrected chi connectivity index (χ1v) is 7.61. The zero-order chi connectivity index (χ0) is 15.7. The van der Waals surface area contributed by atoms with Gasteiger partial charge >= 0.3 is 0 Å². The third kappa shape index (κ3) is 3.69. The molecule has 1 aromatic carbocycles. The van der Waals surface area contributed by atoms with Gasteiger partial charge in [0.15, 0.2) is 9.84 Å². The Morgan fingerprint density at radius 1 is 1.35 bits per heavy atom. The van der Waals surface area contributed by atoms with Crippen LogP contribution in [0.3, 0.4) is 0 Å². The maximum absolute atomic E-state index is 13.0. The summed E-state index contributed by atoms with van der Waals surface area (Å²) in [5, 5.41) is 1.28. The number of hydrogen-bond donors (Lipinski definition) is 2. The SMILES string of the molecule is CC(C(=O)NC(C)(C)C)S(=O)(=O)c1ccc(F)cc1N. The van der Waals surface area contributed by atoms with Gasteiger partial charge in [-0.1, -0.05) is 0 Å². The molecule has 0 aliphatic carbocycles. The number of hydrogen-bond acceptors (Lipinski definition) is 4. The Kier molecular flexibility index (Phi) is 4.43. The van der Waals surface area contributed by atoms with Gasteiger partial charge in [0.2, 0.25) is 5.91 Å². The molecule has 0 aromatic heterocycles. The smallest absolute Gasteiger partial charge is 0.238 e. The van der Waals surface area contributed by atoms with Crippen molar-refractivity contribution >= 4 is 21.4 Å². The summed E-state index contributed by atoms with van der Waals surface area (Å²) < 4.78 is 37.6. The van der Waals surface area contributed by atoms with E-state index in [0.29, 0.717) is 0 Å². The summed E-state index contributed by atoms with van der Waals surface area (Å²) in [6, 6.07) is 2.99. The predicted molar refractivity (Wildman–Crippen MR) is 75.4 cm³/mol. The Morgan fingerprint density at radius 2 is 1.90 bits per heavy atom. The third-order valence-electron chi connectivity index (χ3n) is 2.61. The van der Waals surface area contributed by atoms with Gasteiger partial charge in [-0.25, -0.2) is 12.8 Å². The van der Waals surface area contributed by atoms with E-state index in [-0.39, 0.29) is 10.6 Å². The molecule has 7 heteroatoms. The molecule has 1 atom stereocenters. The lowest BCUT2D eigenvalue weighted by atomic mass is 10.1. The summed E-state index contributed by atoms with van der Waals surface area (Å²) in [5.41, 5.74) is 4.77. The quantitative estimate of drug-likeness (QED) is 0.654. The van der Waals surface area contributed by atoms with E-state index in [1.165, 1.54) is 6.92 Å². The number of halogens is 1. The van der Waals surface area contributed by atoms with Crippen LogP contribution in [0.5, 0.6) is 0 Å². The molecule has 0 aliphatic rings. The second-order valence-corrected chi connectivity index (χ2v) is 7.85. The highest BCUT2D eigenvalue weighted by molar-refractivity contribution is 7.93. The van der Waals surface area contributed by atoms with E-state index in [2.05, 4.69) is 5.32 Å². The zero-order valence-electron chi connectivity index (χ0n) is 11.9. The first kappa shape index (κ1) is 16.4. The number of nitrogen functional groups attached to an aromatic ring is 1. The molecule has 1 amide bonds. The molecule has 0 aliphatic heterocycles. The molecule has 0 fully saturated rings. The number of rotatable bonds is 3. The summed E-state index contributed by atoms with van der Waals surface area (Å²) in [6.07, 6.45) is 0. The fraction of sp³-hybridized carbons (Fsp3) is 0.462. The van der Waals surface area contributed by atoms with Crippen molar-refractivity contribution in [3.05, 3.63) is 24.0 Å². The van der Waals surface area contributed by atoms with Crippen LogP contribution in [-0.4, -0.2) is 25.1 Å². The van der Waals surface area contributed by atoms with Crippen LogP contribution in [0.1, 0.15) is 27.7 Å². The number of carbonyl (C=O) groups excluding carboxylic acids is 1. The van der Waals surface area contributed by atoms with Crippen molar-refractivity contribution < 1.29 is 17.6 Å². The Balaban J connectivity index is 3.13. The molecule has 1 aromatic rings. The van der Waals surface area contributed by atoms with Crippen LogP contribution in [0.2, 0.25) is 0 Å². The van der Waals surface area contributed by atoms with Crippen LogP contribution in [0, 0.1) is 5.82 Å². The number of benzene rings is 1. The summed E-state index contributed by atoms with van der Waals surface area (Å²) in [6.45, 7) is 6.52. The van der Waals surface area contributed by atoms with Gasteiger partial charge in [-0.15, -0.1) is 0 Å². The highest BCUT2D eigenvalue weighted by Gasteiger charge is 2.32. The monoisotopic (exact) mass is 302 g/mol. The first-order chi connectivity index (χ1) is 8.95. The van der Waals surface area contributed by atoms with Gasteiger partial charge < -0.3 is 11.1 Å². The topological polar surface area (TPSA) is 89.3 Å². The number of nitrogens with one attached hydrogen (secondary N) is 1. The van der Waals surface area contributed by atoms with Gasteiger partial charge in [-0.3, -0.25) is 4.79 Å². The van der Waals surface area contributed by atoms with Crippen LogP contribution < -0.4 is 11.1 Å². The van der Waals surface area contributed by atoms with E-state index in [0.717, 1.165) is 18.2 Å². The van der Waals surface area contributed by atoms with Crippen molar-refractivity contribution in [2.24, 2.45) is 0 Å². The molecule has 20 heavy (non-hydrogen) atoms. The molecule has 3 N–H and O–H groups in total. The second kappa shape index (κ2) is 5.40. The Bertz CT molecular complexity index is 621. The van der Waals surface area contributed by atoms with Gasteiger partial charge in [0.25, 0.3) is 0 Å². The average molecular weight is 302 g/mol. The summed E-state index contributed by atoms with van der Waals surface area (Å²) >= 11 is 0. The second-order valence-electron chi connectivity index (χ2n) is 5.61. The normalized spacial score (nSPS) is 13.8. The fourth-order valence-electron chi connectivity index (χ4n) is 1.58. The minimum absolute atomic E-state index is 0.208. The van der Waals surface area contributed by atoms with E-state index in [4.69, 9.17) is 5.73 Å². The Hall–Kier alpha value is -1.63. The van der Waals surface area contributed by atoms with E-state index >= 15 is 0 Å². The first-order valence-electron chi connectivity index (χ1n) is 6.06. The molecule has 1 rings (SSSR count). The maximum Gasteiger partial charge on any atom is 0.238 e. The van der Waals surface area contributed by atoms with Crippen LogP contribution >= 0.6 is 0 Å². The molecule has 0 saturated heterocycles. The molecule has 5 nitrogen and oxygen atoms in total. The lowest BCUT2D eigenvalue weighted by Gasteiger charge is -2.23. The lowest BCUT2D eigenvalue weighted by molar-refractivity contribution is -0.121. The van der Waals surface area contributed by atoms with Crippen molar-refractivity contribution in [2.75, 3.05) is 5.73 Å². The Labute approximate surface area is 118 Å². The van der Waals surface area contributed by atoms with Crippen molar-refractivity contribution in [2.45, 2.75) is 43.4 Å². The van der Waals surface area contributed by atoms with Crippen molar-refractivity contribution in [3.8, 4) is 0 Å². The number of nitrogens with two attached hydrogens (primary N) is 1. The minimum Gasteiger partial charge on any atom is -0.398 e. The van der Waals surface area contributed by atoms with E-state index in [1.807, 2.05) is 0 Å². The highest BCUT2D eigenvalue weighted by atomic mass is 32.2. The molecular weight excluding hydrogens is 283 g/mol. The van der Waals surface area contributed by atoms with Crippen molar-refractivity contribution in [1.82, 2.24) is 5.32 Å². The molecule has 1 unspecified atom stereocenters. The van der Waals surface area contributed by atoms with Crippen molar-refractivity contribution in [1.29, 1.82) is 0 Å². The molecule has 0 spiro atoms. The van der Waals surface area contributed by atoms with E-state index < -0.39 is 32.4 Å². The van der Waals surface area contributed by atoms with Gasteiger partial charge in [0.1, 0.15) is 11.1 Å². The predicted octanol–water partition coefficient (Wildman–Crippen LogP) is 1.48. The zero-order valence-corrected chi connectivity index (χ0v) is 12.7. The van der Waals surface area contributed by atoms with Crippen LogP contribution in [0.25, 0.3) is 0 Å². The van der Waals surface area contributed by atoms with Gasteiger partial charge in [0.05, 0.1) is 10.6 Å². The number of carbonyl (C=O) groups is 1. The summed E-state index contributed by atoms with van der Waals surface area (Å²) in [4.78, 5) is 11.7. The molecule has 0 heterocycles. The van der Waals surface area contributed by atoms with Gasteiger partial charge in [0, 0.05) is 5.54 Å². The lowest BCUT2D eigenvalue weighted by Crippen LogP contribution is -2.47. The molecule has 112 valence electrons. The highest BCUT2D eigenvalue weighted by Crippen LogP contribution is 2.24. The number of anilines is 1.